The van der Waals surface area contributed by atoms with Crippen molar-refractivity contribution in [3.63, 3.8) is 0 Å². The topological polar surface area (TPSA) is 61.4 Å². The van der Waals surface area contributed by atoms with Crippen molar-refractivity contribution in [2.75, 3.05) is 11.9 Å². The third kappa shape index (κ3) is 2.20. The summed E-state index contributed by atoms with van der Waals surface area (Å²) in [4.78, 5) is 11.9. The number of anilines is 1. The van der Waals surface area contributed by atoms with Gasteiger partial charge in [0.05, 0.1) is 6.10 Å². The molecule has 0 spiro atoms. The summed E-state index contributed by atoms with van der Waals surface area (Å²) in [6.07, 6.45) is 1.71. The third-order valence-corrected chi connectivity index (χ3v) is 3.85. The van der Waals surface area contributed by atoms with Crippen molar-refractivity contribution in [1.29, 1.82) is 0 Å². The number of carbonyl (C=O) groups is 1. The van der Waals surface area contributed by atoms with Crippen LogP contribution < -0.4 is 10.6 Å². The first-order valence-corrected chi connectivity index (χ1v) is 6.52. The minimum absolute atomic E-state index is 0.0930. The average molecular weight is 246 g/mol. The van der Waals surface area contributed by atoms with E-state index in [1.807, 2.05) is 12.1 Å². The van der Waals surface area contributed by atoms with Crippen LogP contribution in [0.25, 0.3) is 0 Å². The van der Waals surface area contributed by atoms with Gasteiger partial charge in [0.15, 0.2) is 0 Å². The van der Waals surface area contributed by atoms with Gasteiger partial charge in [0.2, 0.25) is 5.91 Å². The van der Waals surface area contributed by atoms with Crippen LogP contribution in [0.2, 0.25) is 0 Å². The molecule has 0 radical (unpaired) electrons. The predicted octanol–water partition coefficient (Wildman–Crippen LogP) is 1.23. The molecular weight excluding hydrogens is 228 g/mol. The Hall–Kier alpha value is -1.55. The molecule has 1 aromatic rings. The second-order valence-corrected chi connectivity index (χ2v) is 5.26. The lowest BCUT2D eigenvalue weighted by molar-refractivity contribution is -0.123. The number of aliphatic hydroxyl groups is 1. The largest absolute Gasteiger partial charge is 0.393 e. The van der Waals surface area contributed by atoms with Gasteiger partial charge in [-0.15, -0.1) is 0 Å². The fourth-order valence-electron chi connectivity index (χ4n) is 2.76. The molecule has 0 saturated heterocycles. The predicted molar refractivity (Wildman–Crippen MR) is 69.5 cm³/mol. The summed E-state index contributed by atoms with van der Waals surface area (Å²) in [5.41, 5.74) is 2.38. The molecule has 1 aromatic carbocycles. The van der Waals surface area contributed by atoms with E-state index >= 15 is 0 Å². The summed E-state index contributed by atoms with van der Waals surface area (Å²) < 4.78 is 0. The molecule has 0 bridgehead atoms. The molecule has 0 aromatic heterocycles. The molecule has 1 fully saturated rings. The van der Waals surface area contributed by atoms with E-state index in [0.29, 0.717) is 19.3 Å². The molecule has 4 nitrogen and oxygen atoms in total. The Morgan fingerprint density at radius 3 is 2.94 bits per heavy atom. The fraction of sp³-hybridized carbons (Fsp3) is 0.500. The maximum absolute atomic E-state index is 11.9. The standard InChI is InChI=1S/C14H18N2O2/c17-11-6-10(7-11)16-14(18)5-9-8-15-13-4-2-1-3-12(9)13/h1-4,9-11,15,17H,5-8H2,(H,16,18). The lowest BCUT2D eigenvalue weighted by atomic mass is 9.89. The highest BCUT2D eigenvalue weighted by atomic mass is 16.3. The number of nitrogens with one attached hydrogen (secondary N) is 2. The van der Waals surface area contributed by atoms with Gasteiger partial charge in [0.1, 0.15) is 0 Å². The fourth-order valence-corrected chi connectivity index (χ4v) is 2.76. The van der Waals surface area contributed by atoms with Crippen molar-refractivity contribution >= 4 is 11.6 Å². The molecule has 1 saturated carbocycles. The summed E-state index contributed by atoms with van der Waals surface area (Å²) in [6.45, 7) is 0.833. The zero-order valence-electron chi connectivity index (χ0n) is 10.2. The Labute approximate surface area is 106 Å². The van der Waals surface area contributed by atoms with E-state index in [0.717, 1.165) is 12.2 Å². The summed E-state index contributed by atoms with van der Waals surface area (Å²) in [5.74, 6) is 0.363. The number of hydrogen-bond acceptors (Lipinski definition) is 3. The highest BCUT2D eigenvalue weighted by Crippen LogP contribution is 2.33. The number of para-hydroxylation sites is 1. The smallest absolute Gasteiger partial charge is 0.220 e. The van der Waals surface area contributed by atoms with Crippen LogP contribution in [0.3, 0.4) is 0 Å². The van der Waals surface area contributed by atoms with E-state index in [-0.39, 0.29) is 24.0 Å². The van der Waals surface area contributed by atoms with Crippen molar-refractivity contribution in [3.8, 4) is 0 Å². The van der Waals surface area contributed by atoms with E-state index < -0.39 is 0 Å². The number of hydrogen-bond donors (Lipinski definition) is 3. The van der Waals surface area contributed by atoms with E-state index in [1.165, 1.54) is 5.56 Å². The Morgan fingerprint density at radius 2 is 2.17 bits per heavy atom. The lowest BCUT2D eigenvalue weighted by Crippen LogP contribution is -2.47. The van der Waals surface area contributed by atoms with Crippen LogP contribution in [0.1, 0.15) is 30.7 Å². The van der Waals surface area contributed by atoms with Crippen LogP contribution in [0, 0.1) is 0 Å². The molecule has 96 valence electrons. The second-order valence-electron chi connectivity index (χ2n) is 5.26. The third-order valence-electron chi connectivity index (χ3n) is 3.85. The first kappa shape index (κ1) is 11.5. The van der Waals surface area contributed by atoms with Crippen LogP contribution in [-0.2, 0) is 4.79 Å². The number of fused-ring (bicyclic) bond motifs is 1. The normalized spacial score (nSPS) is 29.1. The number of carbonyl (C=O) groups excluding carboxylic acids is 1. The van der Waals surface area contributed by atoms with E-state index in [4.69, 9.17) is 0 Å². The van der Waals surface area contributed by atoms with Gasteiger partial charge in [-0.05, 0) is 24.5 Å². The highest BCUT2D eigenvalue weighted by Gasteiger charge is 2.30. The molecule has 1 atom stereocenters. The maximum Gasteiger partial charge on any atom is 0.220 e. The molecule has 1 amide bonds. The van der Waals surface area contributed by atoms with Crippen molar-refractivity contribution in [2.24, 2.45) is 0 Å². The SMILES string of the molecule is O=C(CC1CNc2ccccc21)NC1CC(O)C1. The molecule has 18 heavy (non-hydrogen) atoms. The molecule has 1 aliphatic heterocycles. The molecule has 4 heteroatoms. The van der Waals surface area contributed by atoms with Crippen LogP contribution in [-0.4, -0.2) is 29.7 Å². The van der Waals surface area contributed by atoms with Gasteiger partial charge >= 0.3 is 0 Å². The number of aliphatic hydroxyl groups excluding tert-OH is 1. The molecule has 1 heterocycles. The molecular formula is C14H18N2O2. The number of amides is 1. The molecule has 3 rings (SSSR count). The van der Waals surface area contributed by atoms with Crippen LogP contribution in [0.15, 0.2) is 24.3 Å². The van der Waals surface area contributed by atoms with E-state index in [1.54, 1.807) is 0 Å². The molecule has 3 N–H and O–H groups in total. The first-order chi connectivity index (χ1) is 8.72. The van der Waals surface area contributed by atoms with E-state index in [9.17, 15) is 9.90 Å². The summed E-state index contributed by atoms with van der Waals surface area (Å²) in [7, 11) is 0. The van der Waals surface area contributed by atoms with Crippen molar-refractivity contribution < 1.29 is 9.90 Å². The lowest BCUT2D eigenvalue weighted by Gasteiger charge is -2.32. The van der Waals surface area contributed by atoms with Gasteiger partial charge in [-0.1, -0.05) is 18.2 Å². The minimum Gasteiger partial charge on any atom is -0.393 e. The number of benzene rings is 1. The Bertz CT molecular complexity index is 455. The minimum atomic E-state index is -0.218. The Morgan fingerprint density at radius 1 is 1.39 bits per heavy atom. The maximum atomic E-state index is 11.9. The zero-order valence-corrected chi connectivity index (χ0v) is 10.2. The molecule has 2 aliphatic rings. The van der Waals surface area contributed by atoms with Crippen molar-refractivity contribution in [2.45, 2.75) is 37.3 Å². The van der Waals surface area contributed by atoms with Crippen LogP contribution >= 0.6 is 0 Å². The zero-order chi connectivity index (χ0) is 12.5. The van der Waals surface area contributed by atoms with Gasteiger partial charge in [0, 0.05) is 30.6 Å². The highest BCUT2D eigenvalue weighted by molar-refractivity contribution is 5.78. The van der Waals surface area contributed by atoms with Gasteiger partial charge in [-0.3, -0.25) is 4.79 Å². The monoisotopic (exact) mass is 246 g/mol. The van der Waals surface area contributed by atoms with Gasteiger partial charge < -0.3 is 15.7 Å². The summed E-state index contributed by atoms with van der Waals surface area (Å²) in [5, 5.41) is 15.5. The van der Waals surface area contributed by atoms with Gasteiger partial charge in [-0.25, -0.2) is 0 Å². The Balaban J connectivity index is 1.56. The van der Waals surface area contributed by atoms with E-state index in [2.05, 4.69) is 22.8 Å². The number of rotatable bonds is 3. The molecule has 1 unspecified atom stereocenters. The van der Waals surface area contributed by atoms with Crippen molar-refractivity contribution in [3.05, 3.63) is 29.8 Å². The quantitative estimate of drug-likeness (QED) is 0.751. The van der Waals surface area contributed by atoms with Gasteiger partial charge in [-0.2, -0.15) is 0 Å². The Kier molecular flexibility index (Phi) is 2.96. The van der Waals surface area contributed by atoms with Gasteiger partial charge in [0.25, 0.3) is 0 Å². The summed E-state index contributed by atoms with van der Waals surface area (Å²) in [6, 6.07) is 8.33. The first-order valence-electron chi connectivity index (χ1n) is 6.52. The average Bonchev–Trinajstić information content (AvgIpc) is 2.71. The van der Waals surface area contributed by atoms with Crippen LogP contribution in [0.4, 0.5) is 5.69 Å². The molecule has 1 aliphatic carbocycles. The van der Waals surface area contributed by atoms with Crippen LogP contribution in [0.5, 0.6) is 0 Å². The second kappa shape index (κ2) is 4.61. The summed E-state index contributed by atoms with van der Waals surface area (Å²) >= 11 is 0. The van der Waals surface area contributed by atoms with Crippen molar-refractivity contribution in [1.82, 2.24) is 5.32 Å².